The minimum Gasteiger partial charge on any atom is -0.496 e. The van der Waals surface area contributed by atoms with Gasteiger partial charge in [0.25, 0.3) is 5.91 Å². The summed E-state index contributed by atoms with van der Waals surface area (Å²) in [5.74, 6) is 0.685. The standard InChI is InChI=1S/C11H16BrNO2S/c1-4-11(2,7-12)13-10(14)9-5-8(15-3)6-16-9/h5-6H,4,7H2,1-3H3,(H,13,14). The van der Waals surface area contributed by atoms with Crippen molar-refractivity contribution in [2.75, 3.05) is 12.4 Å². The molecule has 1 heterocycles. The number of rotatable bonds is 5. The molecule has 0 aliphatic heterocycles. The Hall–Kier alpha value is -0.550. The Bertz CT molecular complexity index is 361. The Kier molecular flexibility index (Phi) is 4.80. The first-order valence-corrected chi connectivity index (χ1v) is 7.05. The fraction of sp³-hybridized carbons (Fsp3) is 0.545. The second kappa shape index (κ2) is 5.68. The molecule has 0 saturated heterocycles. The van der Waals surface area contributed by atoms with Crippen LogP contribution in [-0.4, -0.2) is 23.9 Å². The van der Waals surface area contributed by atoms with Crippen LogP contribution in [0.15, 0.2) is 11.4 Å². The lowest BCUT2D eigenvalue weighted by atomic mass is 10.0. The largest absolute Gasteiger partial charge is 0.496 e. The van der Waals surface area contributed by atoms with Gasteiger partial charge in [-0.3, -0.25) is 4.79 Å². The molecule has 1 aromatic heterocycles. The summed E-state index contributed by atoms with van der Waals surface area (Å²) in [5, 5.41) is 5.58. The average molecular weight is 306 g/mol. The van der Waals surface area contributed by atoms with Gasteiger partial charge in [-0.25, -0.2) is 0 Å². The monoisotopic (exact) mass is 305 g/mol. The van der Waals surface area contributed by atoms with Crippen molar-refractivity contribution >= 4 is 33.2 Å². The highest BCUT2D eigenvalue weighted by molar-refractivity contribution is 9.09. The van der Waals surface area contributed by atoms with Crippen LogP contribution in [0.1, 0.15) is 29.9 Å². The Morgan fingerprint density at radius 2 is 2.38 bits per heavy atom. The van der Waals surface area contributed by atoms with Crippen molar-refractivity contribution in [3.63, 3.8) is 0 Å². The molecular weight excluding hydrogens is 290 g/mol. The molecule has 16 heavy (non-hydrogen) atoms. The molecule has 0 spiro atoms. The molecule has 0 radical (unpaired) electrons. The first kappa shape index (κ1) is 13.5. The molecule has 0 aromatic carbocycles. The van der Waals surface area contributed by atoms with Crippen molar-refractivity contribution in [3.05, 3.63) is 16.3 Å². The Labute approximate surface area is 108 Å². The maximum atomic E-state index is 11.9. The van der Waals surface area contributed by atoms with Crippen molar-refractivity contribution in [1.29, 1.82) is 0 Å². The van der Waals surface area contributed by atoms with Crippen molar-refractivity contribution in [2.24, 2.45) is 0 Å². The van der Waals surface area contributed by atoms with E-state index in [1.807, 2.05) is 12.3 Å². The number of halogens is 1. The quantitative estimate of drug-likeness (QED) is 0.849. The fourth-order valence-electron chi connectivity index (χ4n) is 1.10. The van der Waals surface area contributed by atoms with Crippen LogP contribution in [0, 0.1) is 0 Å². The van der Waals surface area contributed by atoms with Gasteiger partial charge in [0.2, 0.25) is 0 Å². The first-order chi connectivity index (χ1) is 7.54. The first-order valence-electron chi connectivity index (χ1n) is 5.05. The number of alkyl halides is 1. The summed E-state index contributed by atoms with van der Waals surface area (Å²) in [6, 6.07) is 1.75. The lowest BCUT2D eigenvalue weighted by Gasteiger charge is -2.26. The van der Waals surface area contributed by atoms with Crippen LogP contribution in [0.3, 0.4) is 0 Å². The SMILES string of the molecule is CCC(C)(CBr)NC(=O)c1cc(OC)cs1. The number of amides is 1. The molecule has 0 bridgehead atoms. The molecule has 1 rings (SSSR count). The second-order valence-corrected chi connectivity index (χ2v) is 5.32. The van der Waals surface area contributed by atoms with E-state index < -0.39 is 0 Å². The number of carbonyl (C=O) groups is 1. The van der Waals surface area contributed by atoms with Crippen molar-refractivity contribution in [2.45, 2.75) is 25.8 Å². The third-order valence-corrected chi connectivity index (χ3v) is 4.67. The number of hydrogen-bond acceptors (Lipinski definition) is 3. The normalized spacial score (nSPS) is 14.2. The topological polar surface area (TPSA) is 38.3 Å². The molecule has 0 saturated carbocycles. The Balaban J connectivity index is 2.71. The fourth-order valence-corrected chi connectivity index (χ4v) is 2.38. The maximum Gasteiger partial charge on any atom is 0.261 e. The summed E-state index contributed by atoms with van der Waals surface area (Å²) in [7, 11) is 1.60. The van der Waals surface area contributed by atoms with Gasteiger partial charge in [0.15, 0.2) is 0 Å². The third-order valence-electron chi connectivity index (χ3n) is 2.53. The molecule has 1 N–H and O–H groups in total. The van der Waals surface area contributed by atoms with Gasteiger partial charge in [-0.05, 0) is 13.3 Å². The van der Waals surface area contributed by atoms with Gasteiger partial charge in [-0.2, -0.15) is 0 Å². The maximum absolute atomic E-state index is 11.9. The van der Waals surface area contributed by atoms with Gasteiger partial charge in [0, 0.05) is 22.3 Å². The summed E-state index contributed by atoms with van der Waals surface area (Å²) in [6.45, 7) is 4.07. The van der Waals surface area contributed by atoms with Gasteiger partial charge in [-0.15, -0.1) is 11.3 Å². The average Bonchev–Trinajstić information content (AvgIpc) is 2.77. The molecule has 1 amide bonds. The zero-order chi connectivity index (χ0) is 12.2. The van der Waals surface area contributed by atoms with Gasteiger partial charge in [0.05, 0.1) is 12.0 Å². The number of ether oxygens (including phenoxy) is 1. The molecule has 1 atom stereocenters. The molecule has 0 fully saturated rings. The van der Waals surface area contributed by atoms with Crippen molar-refractivity contribution in [1.82, 2.24) is 5.32 Å². The summed E-state index contributed by atoms with van der Waals surface area (Å²) in [5.41, 5.74) is -0.200. The van der Waals surface area contributed by atoms with Gasteiger partial charge >= 0.3 is 0 Å². The smallest absolute Gasteiger partial charge is 0.261 e. The zero-order valence-corrected chi connectivity index (χ0v) is 12.1. The van der Waals surface area contributed by atoms with Gasteiger partial charge in [-0.1, -0.05) is 22.9 Å². The van der Waals surface area contributed by atoms with E-state index in [1.165, 1.54) is 11.3 Å². The summed E-state index contributed by atoms with van der Waals surface area (Å²) < 4.78 is 5.05. The van der Waals surface area contributed by atoms with Crippen molar-refractivity contribution < 1.29 is 9.53 Å². The number of methoxy groups -OCH3 is 1. The molecule has 3 nitrogen and oxygen atoms in total. The van der Waals surface area contributed by atoms with E-state index in [9.17, 15) is 4.79 Å². The molecular formula is C11H16BrNO2S. The van der Waals surface area contributed by atoms with E-state index in [2.05, 4.69) is 28.2 Å². The molecule has 1 aromatic rings. The Morgan fingerprint density at radius 1 is 1.69 bits per heavy atom. The van der Waals surface area contributed by atoms with E-state index in [4.69, 9.17) is 4.74 Å². The van der Waals surface area contributed by atoms with Crippen LogP contribution in [-0.2, 0) is 0 Å². The Morgan fingerprint density at radius 3 is 2.81 bits per heavy atom. The van der Waals surface area contributed by atoms with Crippen LogP contribution < -0.4 is 10.1 Å². The molecule has 0 aliphatic carbocycles. The van der Waals surface area contributed by atoms with Crippen LogP contribution in [0.5, 0.6) is 5.75 Å². The van der Waals surface area contributed by atoms with E-state index in [1.54, 1.807) is 13.2 Å². The minimum absolute atomic E-state index is 0.0444. The molecule has 1 unspecified atom stereocenters. The lowest BCUT2D eigenvalue weighted by Crippen LogP contribution is -2.46. The number of nitrogens with one attached hydrogen (secondary N) is 1. The number of thiophene rings is 1. The molecule has 5 heteroatoms. The molecule has 0 aliphatic rings. The summed E-state index contributed by atoms with van der Waals surface area (Å²) in [4.78, 5) is 12.6. The second-order valence-electron chi connectivity index (χ2n) is 3.85. The number of carbonyl (C=O) groups excluding carboxylic acids is 1. The van der Waals surface area contributed by atoms with E-state index >= 15 is 0 Å². The van der Waals surface area contributed by atoms with Crippen LogP contribution in [0.4, 0.5) is 0 Å². The van der Waals surface area contributed by atoms with Crippen LogP contribution in [0.25, 0.3) is 0 Å². The highest BCUT2D eigenvalue weighted by atomic mass is 79.9. The zero-order valence-electron chi connectivity index (χ0n) is 9.67. The van der Waals surface area contributed by atoms with Gasteiger partial charge in [0.1, 0.15) is 5.75 Å². The summed E-state index contributed by atoms with van der Waals surface area (Å²) in [6.07, 6.45) is 0.881. The van der Waals surface area contributed by atoms with Crippen molar-refractivity contribution in [3.8, 4) is 5.75 Å². The lowest BCUT2D eigenvalue weighted by molar-refractivity contribution is 0.0917. The summed E-state index contributed by atoms with van der Waals surface area (Å²) >= 11 is 4.81. The predicted octanol–water partition coefficient (Wildman–Crippen LogP) is 3.05. The molecule has 90 valence electrons. The van der Waals surface area contributed by atoms with E-state index in [0.29, 0.717) is 4.88 Å². The third kappa shape index (κ3) is 3.22. The predicted molar refractivity (Wildman–Crippen MR) is 70.8 cm³/mol. The van der Waals surface area contributed by atoms with Crippen LogP contribution >= 0.6 is 27.3 Å². The highest BCUT2D eigenvalue weighted by Gasteiger charge is 2.24. The minimum atomic E-state index is -0.200. The van der Waals surface area contributed by atoms with Gasteiger partial charge < -0.3 is 10.1 Å². The number of hydrogen-bond donors (Lipinski definition) is 1. The van der Waals surface area contributed by atoms with E-state index in [-0.39, 0.29) is 11.4 Å². The highest BCUT2D eigenvalue weighted by Crippen LogP contribution is 2.22. The van der Waals surface area contributed by atoms with Crippen LogP contribution in [0.2, 0.25) is 0 Å². The van der Waals surface area contributed by atoms with E-state index in [0.717, 1.165) is 17.5 Å².